The van der Waals surface area contributed by atoms with Gasteiger partial charge in [0.05, 0.1) is 18.0 Å². The predicted octanol–water partition coefficient (Wildman–Crippen LogP) is 3.99. The summed E-state index contributed by atoms with van der Waals surface area (Å²) < 4.78 is 26.0. The molecule has 0 spiro atoms. The van der Waals surface area contributed by atoms with Crippen molar-refractivity contribution in [2.24, 2.45) is 0 Å². The number of sulfonamides is 1. The lowest BCUT2D eigenvalue weighted by Gasteiger charge is -2.30. The van der Waals surface area contributed by atoms with Gasteiger partial charge in [0, 0.05) is 0 Å². The molecule has 29 heavy (non-hydrogen) atoms. The normalized spacial score (nSPS) is 15.8. The van der Waals surface area contributed by atoms with Gasteiger partial charge in [0.25, 0.3) is 0 Å². The lowest BCUT2D eigenvalue weighted by atomic mass is 9.88. The highest BCUT2D eigenvalue weighted by atomic mass is 32.2. The molecular formula is C23H30N2O3S. The van der Waals surface area contributed by atoms with Gasteiger partial charge in [-0.15, -0.1) is 0 Å². The van der Waals surface area contributed by atoms with Crippen molar-refractivity contribution in [3.05, 3.63) is 65.2 Å². The topological polar surface area (TPSA) is 66.5 Å². The third kappa shape index (κ3) is 4.99. The Morgan fingerprint density at radius 1 is 1.07 bits per heavy atom. The maximum atomic E-state index is 13.0. The molecule has 5 nitrogen and oxygen atoms in total. The molecule has 2 aromatic rings. The highest BCUT2D eigenvalue weighted by Crippen LogP contribution is 2.27. The summed E-state index contributed by atoms with van der Waals surface area (Å²) in [6, 6.07) is 14.2. The molecule has 0 aliphatic heterocycles. The Morgan fingerprint density at radius 2 is 1.72 bits per heavy atom. The van der Waals surface area contributed by atoms with Crippen LogP contribution in [0.25, 0.3) is 0 Å². The predicted molar refractivity (Wildman–Crippen MR) is 117 cm³/mol. The van der Waals surface area contributed by atoms with Crippen LogP contribution in [0.1, 0.15) is 55.8 Å². The Kier molecular flexibility index (Phi) is 6.63. The molecule has 1 aliphatic carbocycles. The van der Waals surface area contributed by atoms with Crippen LogP contribution >= 0.6 is 0 Å². The Bertz CT molecular complexity index is 957. The molecule has 3 rings (SSSR count). The standard InChI is InChI=1S/C23H30N2O3S/c1-4-22(20-15-14-18-10-8-9-11-19(18)16-20)24-23(26)17(2)25(29(3,27)28)21-12-6-5-7-13-21/h5-7,12-17,22H,4,8-11H2,1-3H3,(H,24,26)/t17-,22-/m0/s1. The molecule has 1 amide bonds. The molecule has 0 saturated carbocycles. The first-order valence-corrected chi connectivity index (χ1v) is 12.1. The van der Waals surface area contributed by atoms with Crippen molar-refractivity contribution >= 4 is 21.6 Å². The summed E-state index contributed by atoms with van der Waals surface area (Å²) in [5.41, 5.74) is 4.34. The number of carbonyl (C=O) groups excluding carboxylic acids is 1. The van der Waals surface area contributed by atoms with Gasteiger partial charge in [-0.25, -0.2) is 8.42 Å². The molecule has 1 N–H and O–H groups in total. The second-order valence-electron chi connectivity index (χ2n) is 7.78. The molecule has 0 heterocycles. The molecule has 0 saturated heterocycles. The van der Waals surface area contributed by atoms with E-state index in [2.05, 4.69) is 23.5 Å². The zero-order valence-electron chi connectivity index (χ0n) is 17.4. The van der Waals surface area contributed by atoms with Crippen molar-refractivity contribution in [2.45, 2.75) is 58.0 Å². The summed E-state index contributed by atoms with van der Waals surface area (Å²) in [7, 11) is -3.61. The zero-order chi connectivity index (χ0) is 21.0. The van der Waals surface area contributed by atoms with Gasteiger partial charge in [0.2, 0.25) is 15.9 Å². The Hall–Kier alpha value is -2.34. The Morgan fingerprint density at radius 3 is 2.34 bits per heavy atom. The van der Waals surface area contributed by atoms with E-state index in [0.29, 0.717) is 5.69 Å². The van der Waals surface area contributed by atoms with Crippen LogP contribution in [0.15, 0.2) is 48.5 Å². The quantitative estimate of drug-likeness (QED) is 0.745. The van der Waals surface area contributed by atoms with Crippen molar-refractivity contribution in [1.29, 1.82) is 0 Å². The van der Waals surface area contributed by atoms with E-state index in [1.165, 1.54) is 28.3 Å². The van der Waals surface area contributed by atoms with Crippen molar-refractivity contribution in [3.63, 3.8) is 0 Å². The van der Waals surface area contributed by atoms with Gasteiger partial charge in [-0.1, -0.05) is 43.3 Å². The van der Waals surface area contributed by atoms with Gasteiger partial charge in [-0.05, 0) is 67.9 Å². The lowest BCUT2D eigenvalue weighted by Crippen LogP contribution is -2.48. The number of para-hydroxylation sites is 1. The van der Waals surface area contributed by atoms with Crippen molar-refractivity contribution in [3.8, 4) is 0 Å². The first kappa shape index (κ1) is 21.4. The van der Waals surface area contributed by atoms with E-state index in [-0.39, 0.29) is 11.9 Å². The largest absolute Gasteiger partial charge is 0.347 e. The summed E-state index contributed by atoms with van der Waals surface area (Å²) in [5, 5.41) is 3.07. The highest BCUT2D eigenvalue weighted by molar-refractivity contribution is 7.92. The first-order chi connectivity index (χ1) is 13.8. The van der Waals surface area contributed by atoms with Crippen molar-refractivity contribution in [2.75, 3.05) is 10.6 Å². The summed E-state index contributed by atoms with van der Waals surface area (Å²) in [5.74, 6) is -0.302. The third-order valence-electron chi connectivity index (χ3n) is 5.60. The summed E-state index contributed by atoms with van der Waals surface area (Å²) >= 11 is 0. The van der Waals surface area contributed by atoms with Gasteiger partial charge in [-0.2, -0.15) is 0 Å². The van der Waals surface area contributed by atoms with E-state index in [0.717, 1.165) is 31.1 Å². The number of benzene rings is 2. The molecule has 0 unspecified atom stereocenters. The van der Waals surface area contributed by atoms with Gasteiger partial charge < -0.3 is 5.32 Å². The molecule has 1 aliphatic rings. The average Bonchev–Trinajstić information content (AvgIpc) is 2.71. The van der Waals surface area contributed by atoms with E-state index in [1.54, 1.807) is 31.2 Å². The minimum absolute atomic E-state index is 0.144. The van der Waals surface area contributed by atoms with Gasteiger partial charge in [0.1, 0.15) is 6.04 Å². The van der Waals surface area contributed by atoms with Crippen LogP contribution in [0, 0.1) is 0 Å². The summed E-state index contributed by atoms with van der Waals surface area (Å²) in [4.78, 5) is 13.0. The van der Waals surface area contributed by atoms with Crippen molar-refractivity contribution < 1.29 is 13.2 Å². The zero-order valence-corrected chi connectivity index (χ0v) is 18.2. The number of aryl methyl sites for hydroxylation is 2. The van der Waals surface area contributed by atoms with Gasteiger partial charge in [-0.3, -0.25) is 9.10 Å². The van der Waals surface area contributed by atoms with Crippen LogP contribution in [0.3, 0.4) is 0 Å². The van der Waals surface area contributed by atoms with E-state index in [1.807, 2.05) is 13.0 Å². The Labute approximate surface area is 174 Å². The van der Waals surface area contributed by atoms with E-state index < -0.39 is 16.1 Å². The molecule has 0 aromatic heterocycles. The van der Waals surface area contributed by atoms with Gasteiger partial charge in [0.15, 0.2) is 0 Å². The number of rotatable bonds is 7. The molecule has 0 fully saturated rings. The molecular weight excluding hydrogens is 384 g/mol. The molecule has 6 heteroatoms. The smallest absolute Gasteiger partial charge is 0.244 e. The van der Waals surface area contributed by atoms with E-state index >= 15 is 0 Å². The number of hydrogen-bond acceptors (Lipinski definition) is 3. The van der Waals surface area contributed by atoms with Gasteiger partial charge >= 0.3 is 0 Å². The molecule has 0 bridgehead atoms. The van der Waals surface area contributed by atoms with Crippen LogP contribution in [-0.2, 0) is 27.7 Å². The number of hydrogen-bond donors (Lipinski definition) is 1. The van der Waals surface area contributed by atoms with E-state index in [9.17, 15) is 13.2 Å². The second kappa shape index (κ2) is 8.99. The fourth-order valence-electron chi connectivity index (χ4n) is 4.07. The average molecular weight is 415 g/mol. The van der Waals surface area contributed by atoms with E-state index in [4.69, 9.17) is 0 Å². The highest BCUT2D eigenvalue weighted by Gasteiger charge is 2.30. The number of fused-ring (bicyclic) bond motifs is 1. The maximum Gasteiger partial charge on any atom is 0.244 e. The fourth-order valence-corrected chi connectivity index (χ4v) is 5.24. The minimum Gasteiger partial charge on any atom is -0.347 e. The number of carbonyl (C=O) groups is 1. The minimum atomic E-state index is -3.61. The van der Waals surface area contributed by atoms with Crippen LogP contribution in [-0.4, -0.2) is 26.6 Å². The number of anilines is 1. The maximum absolute atomic E-state index is 13.0. The van der Waals surface area contributed by atoms with Crippen molar-refractivity contribution in [1.82, 2.24) is 5.32 Å². The monoisotopic (exact) mass is 414 g/mol. The lowest BCUT2D eigenvalue weighted by molar-refractivity contribution is -0.122. The summed E-state index contributed by atoms with van der Waals surface area (Å²) in [6.07, 6.45) is 6.51. The van der Waals surface area contributed by atoms with Crippen LogP contribution < -0.4 is 9.62 Å². The van der Waals surface area contributed by atoms with Crippen LogP contribution in [0.5, 0.6) is 0 Å². The molecule has 2 atom stereocenters. The second-order valence-corrected chi connectivity index (χ2v) is 9.63. The SMILES string of the molecule is CC[C@H](NC(=O)[C@H](C)N(c1ccccc1)S(C)(=O)=O)c1ccc2c(c1)CCCC2. The fraction of sp³-hybridized carbons (Fsp3) is 0.435. The third-order valence-corrected chi connectivity index (χ3v) is 6.84. The number of amides is 1. The van der Waals surface area contributed by atoms with Crippen LogP contribution in [0.4, 0.5) is 5.69 Å². The summed E-state index contributed by atoms with van der Waals surface area (Å²) in [6.45, 7) is 3.66. The van der Waals surface area contributed by atoms with Crippen LogP contribution in [0.2, 0.25) is 0 Å². The molecule has 0 radical (unpaired) electrons. The Balaban J connectivity index is 1.81. The molecule has 156 valence electrons. The molecule has 2 aromatic carbocycles. The number of nitrogens with one attached hydrogen (secondary N) is 1. The number of nitrogens with zero attached hydrogens (tertiary/aromatic N) is 1. The first-order valence-electron chi connectivity index (χ1n) is 10.3.